The van der Waals surface area contributed by atoms with Gasteiger partial charge in [0.15, 0.2) is 0 Å². The lowest BCUT2D eigenvalue weighted by Gasteiger charge is -2.22. The molecule has 0 aromatic carbocycles. The number of aliphatic hydroxyl groups excluding tert-OH is 2. The summed E-state index contributed by atoms with van der Waals surface area (Å²) in [6.07, 6.45) is 47.7. The van der Waals surface area contributed by atoms with Crippen molar-refractivity contribution < 1.29 is 15.0 Å². The van der Waals surface area contributed by atoms with Crippen LogP contribution in [-0.4, -0.2) is 34.9 Å². The second-order valence-corrected chi connectivity index (χ2v) is 15.1. The fourth-order valence-corrected chi connectivity index (χ4v) is 7.01. The Balaban J connectivity index is 3.37. The van der Waals surface area contributed by atoms with Crippen LogP contribution in [0.3, 0.4) is 0 Å². The normalized spacial score (nSPS) is 12.9. The molecule has 0 unspecified atom stereocenters. The van der Waals surface area contributed by atoms with E-state index in [9.17, 15) is 15.0 Å². The molecule has 0 heterocycles. The van der Waals surface area contributed by atoms with E-state index in [0.717, 1.165) is 25.7 Å². The van der Waals surface area contributed by atoms with Crippen molar-refractivity contribution in [2.75, 3.05) is 6.61 Å². The number of carbonyl (C=O) groups excluding carboxylic acids is 1. The fourth-order valence-electron chi connectivity index (χ4n) is 7.01. The van der Waals surface area contributed by atoms with Crippen LogP contribution in [0.25, 0.3) is 0 Å². The van der Waals surface area contributed by atoms with E-state index >= 15 is 0 Å². The molecule has 0 saturated carbocycles. The smallest absolute Gasteiger partial charge is 0.220 e. The van der Waals surface area contributed by atoms with Gasteiger partial charge in [0.25, 0.3) is 0 Å². The first-order chi connectivity index (χ1) is 23.2. The molecule has 4 heteroatoms. The number of amides is 1. The van der Waals surface area contributed by atoms with E-state index < -0.39 is 12.1 Å². The molecule has 0 aromatic heterocycles. The minimum Gasteiger partial charge on any atom is -0.394 e. The van der Waals surface area contributed by atoms with Gasteiger partial charge in [0.05, 0.1) is 18.8 Å². The van der Waals surface area contributed by atoms with Crippen molar-refractivity contribution in [2.24, 2.45) is 0 Å². The summed E-state index contributed by atoms with van der Waals surface area (Å²) in [6, 6.07) is -0.527. The summed E-state index contributed by atoms with van der Waals surface area (Å²) >= 11 is 0. The highest BCUT2D eigenvalue weighted by atomic mass is 16.3. The Morgan fingerprint density at radius 2 is 0.681 bits per heavy atom. The predicted molar refractivity (Wildman–Crippen MR) is 207 cm³/mol. The minimum atomic E-state index is -0.651. The van der Waals surface area contributed by atoms with Gasteiger partial charge in [0.1, 0.15) is 0 Å². The Bertz CT molecular complexity index is 598. The number of carbonyl (C=O) groups is 1. The van der Waals surface area contributed by atoms with Gasteiger partial charge in [0, 0.05) is 6.42 Å². The zero-order valence-corrected chi connectivity index (χ0v) is 32.3. The van der Waals surface area contributed by atoms with Gasteiger partial charge >= 0.3 is 0 Å². The number of unbranched alkanes of at least 4 members (excludes halogenated alkanes) is 33. The molecule has 3 N–H and O–H groups in total. The van der Waals surface area contributed by atoms with Crippen molar-refractivity contribution in [3.63, 3.8) is 0 Å². The molecule has 0 aliphatic rings. The summed E-state index contributed by atoms with van der Waals surface area (Å²) in [4.78, 5) is 12.3. The number of nitrogens with one attached hydrogen (secondary N) is 1. The van der Waals surface area contributed by atoms with Gasteiger partial charge in [-0.05, 0) is 12.8 Å². The molecule has 0 radical (unpaired) electrons. The van der Waals surface area contributed by atoms with Crippen molar-refractivity contribution in [2.45, 2.75) is 264 Å². The molecule has 0 spiro atoms. The third-order valence-electron chi connectivity index (χ3n) is 10.4. The van der Waals surface area contributed by atoms with Gasteiger partial charge in [0.2, 0.25) is 5.91 Å². The molecule has 0 rings (SSSR count). The molecular formula is C43H87NO3. The van der Waals surface area contributed by atoms with Crippen LogP contribution in [0.5, 0.6) is 0 Å². The van der Waals surface area contributed by atoms with Crippen molar-refractivity contribution in [1.29, 1.82) is 0 Å². The molecule has 4 nitrogen and oxygen atoms in total. The molecule has 2 atom stereocenters. The van der Waals surface area contributed by atoms with Crippen molar-refractivity contribution in [1.82, 2.24) is 5.32 Å². The molecule has 0 saturated heterocycles. The maximum absolute atomic E-state index is 12.3. The van der Waals surface area contributed by atoms with Crippen molar-refractivity contribution >= 4 is 5.91 Å². The first-order valence-corrected chi connectivity index (χ1v) is 21.7. The molecule has 0 aliphatic heterocycles. The summed E-state index contributed by atoms with van der Waals surface area (Å²) in [6.45, 7) is 4.36. The molecule has 282 valence electrons. The largest absolute Gasteiger partial charge is 0.394 e. The van der Waals surface area contributed by atoms with Gasteiger partial charge in [-0.1, -0.05) is 232 Å². The average molecular weight is 666 g/mol. The topological polar surface area (TPSA) is 69.6 Å². The van der Waals surface area contributed by atoms with Gasteiger partial charge in [-0.15, -0.1) is 0 Å². The van der Waals surface area contributed by atoms with Gasteiger partial charge in [-0.2, -0.15) is 0 Å². The Morgan fingerprint density at radius 1 is 0.426 bits per heavy atom. The van der Waals surface area contributed by atoms with Crippen molar-refractivity contribution in [3.05, 3.63) is 0 Å². The number of aliphatic hydroxyl groups is 2. The molecule has 47 heavy (non-hydrogen) atoms. The summed E-state index contributed by atoms with van der Waals surface area (Å²) in [5, 5.41) is 23.0. The summed E-state index contributed by atoms with van der Waals surface area (Å²) in [5.74, 6) is -0.0282. The average Bonchev–Trinajstić information content (AvgIpc) is 3.07. The third-order valence-corrected chi connectivity index (χ3v) is 10.4. The highest BCUT2D eigenvalue weighted by Gasteiger charge is 2.20. The monoisotopic (exact) mass is 666 g/mol. The lowest BCUT2D eigenvalue weighted by molar-refractivity contribution is -0.123. The number of hydrogen-bond donors (Lipinski definition) is 3. The summed E-state index contributed by atoms with van der Waals surface area (Å²) < 4.78 is 0. The van der Waals surface area contributed by atoms with E-state index in [4.69, 9.17) is 0 Å². The van der Waals surface area contributed by atoms with E-state index in [2.05, 4.69) is 19.2 Å². The second kappa shape index (κ2) is 39.8. The van der Waals surface area contributed by atoms with E-state index in [1.165, 1.54) is 199 Å². The Kier molecular flexibility index (Phi) is 39.3. The SMILES string of the molecule is CCCCCCCCCCCCCCCCCCCCCCCCCCCCC(=O)N[C@@H](CO)[C@H](O)CCCCCCCCCCC. The zero-order chi connectivity index (χ0) is 34.3. The third kappa shape index (κ3) is 36.5. The number of rotatable bonds is 40. The lowest BCUT2D eigenvalue weighted by Crippen LogP contribution is -2.45. The molecule has 0 aromatic rings. The minimum absolute atomic E-state index is 0.0282. The Morgan fingerprint density at radius 3 is 0.957 bits per heavy atom. The zero-order valence-electron chi connectivity index (χ0n) is 32.3. The van der Waals surface area contributed by atoms with Gasteiger partial charge in [-0.25, -0.2) is 0 Å². The van der Waals surface area contributed by atoms with Crippen LogP contribution >= 0.6 is 0 Å². The van der Waals surface area contributed by atoms with Gasteiger partial charge in [-0.3, -0.25) is 4.79 Å². The standard InChI is InChI=1S/C43H87NO3/c1-3-5-7-9-11-13-14-15-16-17-18-19-20-21-22-23-24-25-26-27-28-29-31-33-35-37-39-43(47)44-41(40-45)42(46)38-36-34-32-30-12-10-8-6-4-2/h41-42,45-46H,3-40H2,1-2H3,(H,44,47)/t41-,42+/m0/s1. The fraction of sp³-hybridized carbons (Fsp3) is 0.977. The predicted octanol–water partition coefficient (Wildman–Crippen LogP) is 13.3. The first kappa shape index (κ1) is 46.4. The van der Waals surface area contributed by atoms with Crippen LogP contribution < -0.4 is 5.32 Å². The van der Waals surface area contributed by atoms with E-state index in [0.29, 0.717) is 12.8 Å². The van der Waals surface area contributed by atoms with Crippen LogP contribution in [0.4, 0.5) is 0 Å². The maximum atomic E-state index is 12.3. The van der Waals surface area contributed by atoms with Gasteiger partial charge < -0.3 is 15.5 Å². The molecular weight excluding hydrogens is 578 g/mol. The molecule has 0 aliphatic carbocycles. The number of hydrogen-bond acceptors (Lipinski definition) is 3. The van der Waals surface area contributed by atoms with Crippen LogP contribution in [0.1, 0.15) is 251 Å². The Labute approximate surface area is 295 Å². The van der Waals surface area contributed by atoms with Crippen molar-refractivity contribution in [3.8, 4) is 0 Å². The van der Waals surface area contributed by atoms with Crippen LogP contribution in [0.15, 0.2) is 0 Å². The highest BCUT2D eigenvalue weighted by molar-refractivity contribution is 5.76. The lowest BCUT2D eigenvalue weighted by atomic mass is 10.0. The first-order valence-electron chi connectivity index (χ1n) is 21.7. The maximum Gasteiger partial charge on any atom is 0.220 e. The van der Waals surface area contributed by atoms with Crippen LogP contribution in [0, 0.1) is 0 Å². The van der Waals surface area contributed by atoms with Crippen LogP contribution in [0.2, 0.25) is 0 Å². The van der Waals surface area contributed by atoms with E-state index in [1.807, 2.05) is 0 Å². The summed E-state index contributed by atoms with van der Waals surface area (Å²) in [7, 11) is 0. The van der Waals surface area contributed by atoms with E-state index in [-0.39, 0.29) is 12.5 Å². The molecule has 0 fully saturated rings. The van der Waals surface area contributed by atoms with Crippen LogP contribution in [-0.2, 0) is 4.79 Å². The quantitative estimate of drug-likeness (QED) is 0.0570. The molecule has 0 bridgehead atoms. The Hall–Kier alpha value is -0.610. The highest BCUT2D eigenvalue weighted by Crippen LogP contribution is 2.17. The second-order valence-electron chi connectivity index (χ2n) is 15.1. The van der Waals surface area contributed by atoms with E-state index in [1.54, 1.807) is 0 Å². The molecule has 1 amide bonds. The summed E-state index contributed by atoms with van der Waals surface area (Å²) in [5.41, 5.74) is 0.